The Morgan fingerprint density at radius 3 is 1.67 bits per heavy atom. The number of nitrogens with zero attached hydrogens (tertiary/aromatic N) is 2. The quantitative estimate of drug-likeness (QED) is 0.172. The van der Waals surface area contributed by atoms with E-state index in [-0.39, 0.29) is 0 Å². The molecular weight excluding hydrogens is 669 g/mol. The van der Waals surface area contributed by atoms with E-state index in [1.54, 1.807) is 0 Å². The van der Waals surface area contributed by atoms with Gasteiger partial charge in [-0.2, -0.15) is 0 Å². The van der Waals surface area contributed by atoms with Crippen LogP contribution in [-0.4, -0.2) is 4.57 Å². The molecule has 0 fully saturated rings. The van der Waals surface area contributed by atoms with Crippen LogP contribution in [0.15, 0.2) is 211 Å². The van der Waals surface area contributed by atoms with Crippen molar-refractivity contribution in [2.45, 2.75) is 0 Å². The molecule has 0 unspecified atom stereocenters. The van der Waals surface area contributed by atoms with Gasteiger partial charge >= 0.3 is 0 Å². The molecule has 0 spiro atoms. The van der Waals surface area contributed by atoms with Crippen molar-refractivity contribution in [3.63, 3.8) is 0 Å². The maximum absolute atomic E-state index is 6.86. The highest BCUT2D eigenvalue weighted by atomic mass is 16.3. The van der Waals surface area contributed by atoms with E-state index in [1.807, 2.05) is 0 Å². The van der Waals surface area contributed by atoms with Crippen molar-refractivity contribution in [1.82, 2.24) is 4.57 Å². The molecule has 0 N–H and O–H groups in total. The van der Waals surface area contributed by atoms with E-state index < -0.39 is 0 Å². The number of furan rings is 1. The van der Waals surface area contributed by atoms with Gasteiger partial charge in [0.1, 0.15) is 11.2 Å². The molecule has 3 heteroatoms. The molecule has 9 aromatic carbocycles. The van der Waals surface area contributed by atoms with Crippen LogP contribution in [0.2, 0.25) is 0 Å². The highest BCUT2D eigenvalue weighted by molar-refractivity contribution is 6.20. The molecule has 0 saturated carbocycles. The second-order valence-corrected chi connectivity index (χ2v) is 14.1. The molecular formula is C52H34N2O. The zero-order valence-corrected chi connectivity index (χ0v) is 29.9. The molecule has 0 aliphatic rings. The van der Waals surface area contributed by atoms with Gasteiger partial charge in [0.25, 0.3) is 0 Å². The van der Waals surface area contributed by atoms with Gasteiger partial charge in [-0.05, 0) is 82.7 Å². The van der Waals surface area contributed by atoms with Gasteiger partial charge in [-0.15, -0.1) is 0 Å². The largest absolute Gasteiger partial charge is 0.455 e. The maximum atomic E-state index is 6.86. The summed E-state index contributed by atoms with van der Waals surface area (Å²) < 4.78 is 9.23. The van der Waals surface area contributed by atoms with E-state index in [0.717, 1.165) is 61.2 Å². The Labute approximate surface area is 318 Å². The van der Waals surface area contributed by atoms with E-state index in [2.05, 4.69) is 216 Å². The van der Waals surface area contributed by atoms with Crippen molar-refractivity contribution >= 4 is 71.6 Å². The summed E-state index contributed by atoms with van der Waals surface area (Å²) in [5.41, 5.74) is 13.2. The van der Waals surface area contributed by atoms with Crippen LogP contribution in [-0.2, 0) is 0 Å². The number of fused-ring (bicyclic) bond motifs is 8. The van der Waals surface area contributed by atoms with E-state index in [1.165, 1.54) is 38.3 Å². The number of hydrogen-bond acceptors (Lipinski definition) is 2. The van der Waals surface area contributed by atoms with Crippen molar-refractivity contribution in [2.75, 3.05) is 4.90 Å². The highest BCUT2D eigenvalue weighted by Crippen LogP contribution is 2.44. The van der Waals surface area contributed by atoms with Crippen molar-refractivity contribution in [2.24, 2.45) is 0 Å². The first-order valence-electron chi connectivity index (χ1n) is 18.8. The molecule has 11 aromatic rings. The molecule has 0 amide bonds. The Balaban J connectivity index is 1.05. The number of rotatable bonds is 6. The number of benzene rings is 9. The van der Waals surface area contributed by atoms with Crippen LogP contribution in [0, 0.1) is 0 Å². The molecule has 0 atom stereocenters. The van der Waals surface area contributed by atoms with Crippen molar-refractivity contribution in [1.29, 1.82) is 0 Å². The summed E-state index contributed by atoms with van der Waals surface area (Å²) in [5, 5.41) is 7.03. The highest BCUT2D eigenvalue weighted by Gasteiger charge is 2.20. The smallest absolute Gasteiger partial charge is 0.143 e. The summed E-state index contributed by atoms with van der Waals surface area (Å²) in [7, 11) is 0. The average molecular weight is 703 g/mol. The van der Waals surface area contributed by atoms with Crippen LogP contribution >= 0.6 is 0 Å². The Morgan fingerprint density at radius 2 is 0.891 bits per heavy atom. The normalized spacial score (nSPS) is 11.6. The number of hydrogen-bond donors (Lipinski definition) is 0. The molecule has 2 aromatic heterocycles. The molecule has 0 saturated heterocycles. The van der Waals surface area contributed by atoms with Crippen molar-refractivity contribution in [3.05, 3.63) is 206 Å². The predicted molar refractivity (Wildman–Crippen MR) is 231 cm³/mol. The second-order valence-electron chi connectivity index (χ2n) is 14.1. The fraction of sp³-hybridized carbons (Fsp3) is 0. The van der Waals surface area contributed by atoms with Crippen LogP contribution in [0.5, 0.6) is 0 Å². The van der Waals surface area contributed by atoms with E-state index in [4.69, 9.17) is 4.42 Å². The van der Waals surface area contributed by atoms with Gasteiger partial charge in [-0.3, -0.25) is 0 Å². The van der Waals surface area contributed by atoms with Gasteiger partial charge in [0.15, 0.2) is 0 Å². The lowest BCUT2D eigenvalue weighted by molar-refractivity contribution is 0.674. The minimum Gasteiger partial charge on any atom is -0.455 e. The van der Waals surface area contributed by atoms with Crippen LogP contribution in [0.3, 0.4) is 0 Å². The number of anilines is 3. The number of para-hydroxylation sites is 4. The maximum Gasteiger partial charge on any atom is 0.143 e. The third kappa shape index (κ3) is 5.05. The third-order valence-corrected chi connectivity index (χ3v) is 11.0. The summed E-state index contributed by atoms with van der Waals surface area (Å²) in [5.74, 6) is 0. The zero-order valence-electron chi connectivity index (χ0n) is 29.9. The van der Waals surface area contributed by atoms with Crippen molar-refractivity contribution < 1.29 is 4.42 Å². The summed E-state index contributed by atoms with van der Waals surface area (Å²) in [4.78, 5) is 2.34. The summed E-state index contributed by atoms with van der Waals surface area (Å²) in [6.07, 6.45) is 0. The first-order chi connectivity index (χ1) is 27.3. The molecule has 11 rings (SSSR count). The lowest BCUT2D eigenvalue weighted by Gasteiger charge is -2.26. The fourth-order valence-corrected chi connectivity index (χ4v) is 8.47. The summed E-state index contributed by atoms with van der Waals surface area (Å²) in [6.45, 7) is 0. The first kappa shape index (κ1) is 31.2. The van der Waals surface area contributed by atoms with E-state index in [9.17, 15) is 0 Å². The predicted octanol–water partition coefficient (Wildman–Crippen LogP) is 14.6. The molecule has 0 aliphatic carbocycles. The summed E-state index contributed by atoms with van der Waals surface area (Å²) in [6, 6.07) is 73.7. The molecule has 3 nitrogen and oxygen atoms in total. The lowest BCUT2D eigenvalue weighted by Crippen LogP contribution is -2.10. The van der Waals surface area contributed by atoms with Crippen molar-refractivity contribution in [3.8, 4) is 27.9 Å². The fourth-order valence-electron chi connectivity index (χ4n) is 8.47. The summed E-state index contributed by atoms with van der Waals surface area (Å²) >= 11 is 0. The third-order valence-electron chi connectivity index (χ3n) is 11.0. The molecule has 0 aliphatic heterocycles. The van der Waals surface area contributed by atoms with Crippen LogP contribution in [0.4, 0.5) is 17.1 Å². The van der Waals surface area contributed by atoms with Crippen LogP contribution in [0.25, 0.3) is 82.5 Å². The Bertz CT molecular complexity index is 3180. The standard InChI is InChI=1S/C52H34N2O/c1-4-15-35(16-5-1)47-34-48-46-25-14-24-41(51(46)55-52(48)45-23-11-10-21-42(45)47)36-27-29-39(30-28-36)53(37-17-6-2-7-18-37)40-31-32-44-43-22-12-13-26-49(43)54(50(44)33-40)38-19-8-3-9-20-38/h1-34H. The topological polar surface area (TPSA) is 21.3 Å². The molecule has 0 bridgehead atoms. The Hall–Kier alpha value is -7.36. The Kier molecular flexibility index (Phi) is 7.17. The average Bonchev–Trinajstić information content (AvgIpc) is 3.81. The van der Waals surface area contributed by atoms with Gasteiger partial charge in [0.05, 0.1) is 11.0 Å². The molecule has 55 heavy (non-hydrogen) atoms. The van der Waals surface area contributed by atoms with Crippen LogP contribution in [0.1, 0.15) is 0 Å². The van der Waals surface area contributed by atoms with Gasteiger partial charge < -0.3 is 13.9 Å². The van der Waals surface area contributed by atoms with Gasteiger partial charge in [-0.1, -0.05) is 146 Å². The van der Waals surface area contributed by atoms with Gasteiger partial charge in [-0.25, -0.2) is 0 Å². The van der Waals surface area contributed by atoms with Crippen LogP contribution < -0.4 is 4.90 Å². The molecule has 2 heterocycles. The Morgan fingerprint density at radius 1 is 0.327 bits per heavy atom. The van der Waals surface area contributed by atoms with Gasteiger partial charge in [0.2, 0.25) is 0 Å². The number of aromatic nitrogens is 1. The first-order valence-corrected chi connectivity index (χ1v) is 18.8. The minimum absolute atomic E-state index is 0.903. The van der Waals surface area contributed by atoms with E-state index in [0.29, 0.717) is 0 Å². The second kappa shape index (κ2) is 12.6. The molecule has 0 radical (unpaired) electrons. The zero-order chi connectivity index (χ0) is 36.3. The lowest BCUT2D eigenvalue weighted by atomic mass is 9.95. The van der Waals surface area contributed by atoms with Gasteiger partial charge in [0, 0.05) is 55.2 Å². The SMILES string of the molecule is c1ccc(-c2cc3c4cccc(-c5ccc(N(c6ccccc6)c6ccc7c8ccccc8n(-c8ccccc8)c7c6)cc5)c4oc3c3ccccc23)cc1. The minimum atomic E-state index is 0.903. The monoisotopic (exact) mass is 702 g/mol. The van der Waals surface area contributed by atoms with E-state index >= 15 is 0 Å². The molecule has 258 valence electrons.